The van der Waals surface area contributed by atoms with Gasteiger partial charge in [0.15, 0.2) is 11.5 Å². The van der Waals surface area contributed by atoms with Gasteiger partial charge in [-0.3, -0.25) is 14.5 Å². The van der Waals surface area contributed by atoms with Gasteiger partial charge in [-0.15, -0.1) is 0 Å². The van der Waals surface area contributed by atoms with Crippen LogP contribution in [0.5, 0.6) is 11.5 Å². The van der Waals surface area contributed by atoms with E-state index < -0.39 is 11.8 Å². The third-order valence-electron chi connectivity index (χ3n) is 7.17. The Morgan fingerprint density at radius 3 is 2.37 bits per heavy atom. The van der Waals surface area contributed by atoms with Crippen LogP contribution in [0.3, 0.4) is 0 Å². The Morgan fingerprint density at radius 2 is 1.63 bits per heavy atom. The van der Waals surface area contributed by atoms with Crippen molar-refractivity contribution in [3.63, 3.8) is 0 Å². The lowest BCUT2D eigenvalue weighted by Gasteiger charge is -2.27. The second kappa shape index (κ2) is 11.0. The Kier molecular flexibility index (Phi) is 6.92. The van der Waals surface area contributed by atoms with E-state index in [4.69, 9.17) is 14.6 Å². The highest BCUT2D eigenvalue weighted by atomic mass is 16.6. The molecule has 1 aromatic heterocycles. The molecule has 0 fully saturated rings. The number of amides is 2. The minimum atomic E-state index is -0.574. The fourth-order valence-corrected chi connectivity index (χ4v) is 4.99. The van der Waals surface area contributed by atoms with Crippen LogP contribution in [0.4, 0.5) is 0 Å². The van der Waals surface area contributed by atoms with E-state index in [1.165, 1.54) is 0 Å². The van der Waals surface area contributed by atoms with Gasteiger partial charge >= 0.3 is 0 Å². The van der Waals surface area contributed by atoms with Crippen molar-refractivity contribution in [2.24, 2.45) is 0 Å². The fourth-order valence-electron chi connectivity index (χ4n) is 4.99. The molecule has 0 N–H and O–H groups in total. The van der Waals surface area contributed by atoms with Gasteiger partial charge in [0.2, 0.25) is 0 Å². The zero-order chi connectivity index (χ0) is 28.3. The van der Waals surface area contributed by atoms with Gasteiger partial charge < -0.3 is 9.47 Å². The highest BCUT2D eigenvalue weighted by Crippen LogP contribution is 2.37. The van der Waals surface area contributed by atoms with Gasteiger partial charge in [-0.2, -0.15) is 10.4 Å². The first-order valence-electron chi connectivity index (χ1n) is 13.3. The summed E-state index contributed by atoms with van der Waals surface area (Å²) in [6.07, 6.45) is 4.04. The first kappa shape index (κ1) is 25.8. The highest BCUT2D eigenvalue weighted by molar-refractivity contribution is 6.19. The van der Waals surface area contributed by atoms with E-state index in [0.29, 0.717) is 48.0 Å². The number of aromatic nitrogens is 2. The molecule has 0 spiro atoms. The number of nitrogens with zero attached hydrogens (tertiary/aromatic N) is 4. The van der Waals surface area contributed by atoms with Gasteiger partial charge in [0.25, 0.3) is 11.8 Å². The lowest BCUT2D eigenvalue weighted by Crippen LogP contribution is -2.43. The molecule has 0 aliphatic carbocycles. The summed E-state index contributed by atoms with van der Waals surface area (Å²) in [5.74, 6) is 0.267. The second-order valence-corrected chi connectivity index (χ2v) is 9.74. The van der Waals surface area contributed by atoms with Crippen molar-refractivity contribution in [1.29, 1.82) is 5.26 Å². The predicted molar refractivity (Wildman–Crippen MR) is 153 cm³/mol. The van der Waals surface area contributed by atoms with Gasteiger partial charge in [-0.1, -0.05) is 48.5 Å². The molecular weight excluding hydrogens is 516 g/mol. The number of hydrogen-bond acceptors (Lipinski definition) is 6. The minimum absolute atomic E-state index is 0.0414. The molecule has 0 saturated heterocycles. The topological polar surface area (TPSA) is 97.5 Å². The molecule has 8 nitrogen and oxygen atoms in total. The zero-order valence-electron chi connectivity index (χ0n) is 22.4. The van der Waals surface area contributed by atoms with Gasteiger partial charge in [0.1, 0.15) is 30.6 Å². The SMILES string of the molecule is CC1=C(C#N)C(=O)N(CCc2ccccc2)C(=O)/C1=C/c1cn(-c2ccccc2)nc1-c1ccc2c(c1)OCCO2. The summed E-state index contributed by atoms with van der Waals surface area (Å²) >= 11 is 0. The summed E-state index contributed by atoms with van der Waals surface area (Å²) in [6.45, 7) is 2.74. The van der Waals surface area contributed by atoms with E-state index in [2.05, 4.69) is 0 Å². The average Bonchev–Trinajstić information content (AvgIpc) is 3.44. The number of benzene rings is 3. The van der Waals surface area contributed by atoms with Gasteiger partial charge in [0, 0.05) is 29.4 Å². The van der Waals surface area contributed by atoms with Crippen molar-refractivity contribution in [2.75, 3.05) is 19.8 Å². The van der Waals surface area contributed by atoms with Crippen molar-refractivity contribution in [2.45, 2.75) is 13.3 Å². The van der Waals surface area contributed by atoms with Crippen LogP contribution in [0, 0.1) is 11.3 Å². The van der Waals surface area contributed by atoms with Crippen LogP contribution < -0.4 is 9.47 Å². The normalized spacial score (nSPS) is 15.8. The van der Waals surface area contributed by atoms with Crippen LogP contribution in [0.2, 0.25) is 0 Å². The number of fused-ring (bicyclic) bond motifs is 1. The molecule has 0 atom stereocenters. The first-order valence-corrected chi connectivity index (χ1v) is 13.3. The molecule has 202 valence electrons. The highest BCUT2D eigenvalue weighted by Gasteiger charge is 2.35. The van der Waals surface area contributed by atoms with Crippen LogP contribution in [-0.2, 0) is 16.0 Å². The van der Waals surface area contributed by atoms with Gasteiger partial charge in [-0.25, -0.2) is 4.68 Å². The summed E-state index contributed by atoms with van der Waals surface area (Å²) in [7, 11) is 0. The van der Waals surface area contributed by atoms with Crippen molar-refractivity contribution in [3.8, 4) is 34.5 Å². The van der Waals surface area contributed by atoms with Crippen molar-refractivity contribution < 1.29 is 19.1 Å². The molecule has 0 bridgehead atoms. The summed E-state index contributed by atoms with van der Waals surface area (Å²) in [4.78, 5) is 28.1. The monoisotopic (exact) mass is 542 g/mol. The molecule has 41 heavy (non-hydrogen) atoms. The molecule has 3 aromatic carbocycles. The Bertz CT molecular complexity index is 1750. The maximum atomic E-state index is 13.8. The second-order valence-electron chi connectivity index (χ2n) is 9.74. The van der Waals surface area contributed by atoms with E-state index in [-0.39, 0.29) is 17.7 Å². The van der Waals surface area contributed by atoms with E-state index in [1.807, 2.05) is 91.1 Å². The number of para-hydroxylation sites is 1. The van der Waals surface area contributed by atoms with E-state index in [1.54, 1.807) is 17.7 Å². The maximum Gasteiger partial charge on any atom is 0.271 e. The number of imide groups is 1. The van der Waals surface area contributed by atoms with Gasteiger partial charge in [-0.05, 0) is 60.9 Å². The van der Waals surface area contributed by atoms with Crippen molar-refractivity contribution in [3.05, 3.63) is 113 Å². The van der Waals surface area contributed by atoms with E-state index in [9.17, 15) is 14.9 Å². The number of carbonyl (C=O) groups excluding carboxylic acids is 2. The van der Waals surface area contributed by atoms with Gasteiger partial charge in [0.05, 0.1) is 5.69 Å². The summed E-state index contributed by atoms with van der Waals surface area (Å²) < 4.78 is 13.2. The molecule has 2 aliphatic heterocycles. The largest absolute Gasteiger partial charge is 0.486 e. The number of ether oxygens (including phenoxy) is 2. The molecule has 4 aromatic rings. The molecule has 8 heteroatoms. The Hall–Kier alpha value is -5.42. The number of rotatable bonds is 6. The zero-order valence-corrected chi connectivity index (χ0v) is 22.4. The fraction of sp³-hybridized carbons (Fsp3) is 0.152. The standard InChI is InChI=1S/C33H26N4O4/c1-22-27(32(38)36(33(39)28(22)20-34)15-14-23-8-4-2-5-9-23)18-25-21-37(26-10-6-3-7-11-26)35-31(25)24-12-13-29-30(19-24)41-17-16-40-29/h2-13,18-19,21H,14-17H2,1H3/b27-18+. The lowest BCUT2D eigenvalue weighted by atomic mass is 9.93. The molecule has 0 radical (unpaired) electrons. The molecule has 2 amide bonds. The lowest BCUT2D eigenvalue weighted by molar-refractivity contribution is -0.140. The summed E-state index contributed by atoms with van der Waals surface area (Å²) in [6, 6.07) is 26.9. The molecule has 0 unspecified atom stereocenters. The van der Waals surface area contributed by atoms with Crippen LogP contribution in [0.15, 0.2) is 102 Å². The van der Waals surface area contributed by atoms with E-state index >= 15 is 0 Å². The van der Waals surface area contributed by atoms with Crippen LogP contribution in [0.1, 0.15) is 18.1 Å². The summed E-state index contributed by atoms with van der Waals surface area (Å²) in [5, 5.41) is 14.7. The maximum absolute atomic E-state index is 13.8. The number of hydrogen-bond donors (Lipinski definition) is 0. The smallest absolute Gasteiger partial charge is 0.271 e. The van der Waals surface area contributed by atoms with Crippen LogP contribution >= 0.6 is 0 Å². The van der Waals surface area contributed by atoms with Crippen LogP contribution in [0.25, 0.3) is 23.0 Å². The predicted octanol–water partition coefficient (Wildman–Crippen LogP) is 5.15. The quantitative estimate of drug-likeness (QED) is 0.247. The number of carbonyl (C=O) groups is 2. The van der Waals surface area contributed by atoms with E-state index in [0.717, 1.165) is 21.7 Å². The molecule has 0 saturated carbocycles. The van der Waals surface area contributed by atoms with Crippen molar-refractivity contribution in [1.82, 2.24) is 14.7 Å². The van der Waals surface area contributed by atoms with Crippen LogP contribution in [-0.4, -0.2) is 46.3 Å². The van der Waals surface area contributed by atoms with Crippen molar-refractivity contribution >= 4 is 17.9 Å². The third-order valence-corrected chi connectivity index (χ3v) is 7.17. The molecule has 2 aliphatic rings. The Balaban J connectivity index is 1.45. The molecule has 3 heterocycles. The first-order chi connectivity index (χ1) is 20.0. The minimum Gasteiger partial charge on any atom is -0.486 e. The number of nitriles is 1. The third kappa shape index (κ3) is 5.01. The summed E-state index contributed by atoms with van der Waals surface area (Å²) in [5.41, 5.74) is 4.47. The Morgan fingerprint density at radius 1 is 0.927 bits per heavy atom. The Labute approximate surface area is 237 Å². The molecular formula is C33H26N4O4. The molecule has 6 rings (SSSR count). The average molecular weight is 543 g/mol.